The Morgan fingerprint density at radius 1 is 1.12 bits per heavy atom. The number of hydrogen-bond acceptors (Lipinski definition) is 1. The van der Waals surface area contributed by atoms with Gasteiger partial charge in [0, 0.05) is 6.04 Å². The van der Waals surface area contributed by atoms with Crippen LogP contribution in [0.3, 0.4) is 0 Å². The van der Waals surface area contributed by atoms with Crippen molar-refractivity contribution >= 4 is 0 Å². The van der Waals surface area contributed by atoms with Gasteiger partial charge in [-0.15, -0.1) is 0 Å². The molecule has 1 heteroatoms. The minimum atomic E-state index is 0.579. The molecule has 0 bridgehead atoms. The Morgan fingerprint density at radius 2 is 1.75 bits per heavy atom. The monoisotopic (exact) mass is 217 g/mol. The smallest absolute Gasteiger partial charge is 0.0323 e. The standard InChI is InChI=1S/C15H23N/c1-5-16-15-7-6-10(2)13-8-11(3)12(4)9-14(13)15/h8-10,15-16H,5-7H2,1-4H3. The molecular formula is C15H23N. The third-order valence-corrected chi connectivity index (χ3v) is 3.94. The number of hydrogen-bond donors (Lipinski definition) is 1. The Labute approximate surface area is 99.3 Å². The zero-order valence-corrected chi connectivity index (χ0v) is 10.9. The zero-order chi connectivity index (χ0) is 11.7. The highest BCUT2D eigenvalue weighted by atomic mass is 14.9. The van der Waals surface area contributed by atoms with Gasteiger partial charge in [0.1, 0.15) is 0 Å². The van der Waals surface area contributed by atoms with Crippen molar-refractivity contribution in [2.75, 3.05) is 6.54 Å². The summed E-state index contributed by atoms with van der Waals surface area (Å²) in [5.41, 5.74) is 5.97. The molecule has 2 atom stereocenters. The van der Waals surface area contributed by atoms with Crippen molar-refractivity contribution in [3.05, 3.63) is 34.4 Å². The van der Waals surface area contributed by atoms with Crippen LogP contribution < -0.4 is 5.32 Å². The van der Waals surface area contributed by atoms with E-state index in [0.29, 0.717) is 6.04 Å². The lowest BCUT2D eigenvalue weighted by Crippen LogP contribution is -2.26. The average molecular weight is 217 g/mol. The molecule has 1 aliphatic rings. The summed E-state index contributed by atoms with van der Waals surface area (Å²) < 4.78 is 0. The van der Waals surface area contributed by atoms with Gasteiger partial charge in [0.2, 0.25) is 0 Å². The van der Waals surface area contributed by atoms with Crippen LogP contribution in [0, 0.1) is 13.8 Å². The van der Waals surface area contributed by atoms with E-state index < -0.39 is 0 Å². The Bertz CT molecular complexity index is 381. The second-order valence-corrected chi connectivity index (χ2v) is 5.15. The summed E-state index contributed by atoms with van der Waals surface area (Å²) in [4.78, 5) is 0. The van der Waals surface area contributed by atoms with E-state index in [2.05, 4.69) is 45.1 Å². The maximum atomic E-state index is 3.61. The molecule has 1 nitrogen and oxygen atoms in total. The van der Waals surface area contributed by atoms with Crippen LogP contribution in [-0.4, -0.2) is 6.54 Å². The van der Waals surface area contributed by atoms with Crippen molar-refractivity contribution in [2.24, 2.45) is 0 Å². The lowest BCUT2D eigenvalue weighted by molar-refractivity contribution is 0.440. The van der Waals surface area contributed by atoms with Gasteiger partial charge < -0.3 is 5.32 Å². The molecule has 88 valence electrons. The summed E-state index contributed by atoms with van der Waals surface area (Å²) >= 11 is 0. The van der Waals surface area contributed by atoms with Gasteiger partial charge in [0.25, 0.3) is 0 Å². The average Bonchev–Trinajstić information content (AvgIpc) is 2.25. The number of aryl methyl sites for hydroxylation is 2. The van der Waals surface area contributed by atoms with E-state index >= 15 is 0 Å². The van der Waals surface area contributed by atoms with Gasteiger partial charge >= 0.3 is 0 Å². The van der Waals surface area contributed by atoms with Crippen LogP contribution in [0.25, 0.3) is 0 Å². The number of fused-ring (bicyclic) bond motifs is 1. The second kappa shape index (κ2) is 4.58. The molecular weight excluding hydrogens is 194 g/mol. The molecule has 0 fully saturated rings. The fourth-order valence-corrected chi connectivity index (χ4v) is 2.78. The third kappa shape index (κ3) is 2.01. The minimum absolute atomic E-state index is 0.579. The van der Waals surface area contributed by atoms with Gasteiger partial charge in [0.15, 0.2) is 0 Å². The van der Waals surface area contributed by atoms with Crippen molar-refractivity contribution in [3.8, 4) is 0 Å². The summed E-state index contributed by atoms with van der Waals surface area (Å²) in [6.45, 7) is 10.1. The topological polar surface area (TPSA) is 12.0 Å². The molecule has 0 saturated heterocycles. The summed E-state index contributed by atoms with van der Waals surface area (Å²) in [5, 5.41) is 3.61. The van der Waals surface area contributed by atoms with Gasteiger partial charge in [-0.2, -0.15) is 0 Å². The van der Waals surface area contributed by atoms with Crippen LogP contribution in [0.4, 0.5) is 0 Å². The third-order valence-electron chi connectivity index (χ3n) is 3.94. The van der Waals surface area contributed by atoms with E-state index in [0.717, 1.165) is 12.5 Å². The summed E-state index contributed by atoms with van der Waals surface area (Å²) in [5.74, 6) is 0.726. The van der Waals surface area contributed by atoms with E-state index in [1.807, 2.05) is 0 Å². The first-order valence-electron chi connectivity index (χ1n) is 6.48. The number of rotatable bonds is 2. The largest absolute Gasteiger partial charge is 0.310 e. The van der Waals surface area contributed by atoms with E-state index in [1.165, 1.54) is 24.0 Å². The van der Waals surface area contributed by atoms with Gasteiger partial charge in [-0.1, -0.05) is 26.0 Å². The lowest BCUT2D eigenvalue weighted by atomic mass is 9.79. The van der Waals surface area contributed by atoms with Crippen LogP contribution in [0.5, 0.6) is 0 Å². The molecule has 2 rings (SSSR count). The van der Waals surface area contributed by atoms with Gasteiger partial charge in [-0.05, 0) is 61.4 Å². The highest BCUT2D eigenvalue weighted by molar-refractivity contribution is 5.42. The van der Waals surface area contributed by atoms with Crippen LogP contribution in [0.1, 0.15) is 60.9 Å². The van der Waals surface area contributed by atoms with E-state index in [-0.39, 0.29) is 0 Å². The molecule has 2 unspecified atom stereocenters. The van der Waals surface area contributed by atoms with Crippen LogP contribution in [0.15, 0.2) is 12.1 Å². The molecule has 1 aromatic rings. The Balaban J connectivity index is 2.44. The molecule has 0 radical (unpaired) electrons. The Morgan fingerprint density at radius 3 is 2.38 bits per heavy atom. The van der Waals surface area contributed by atoms with Crippen LogP contribution in [-0.2, 0) is 0 Å². The molecule has 1 aromatic carbocycles. The fourth-order valence-electron chi connectivity index (χ4n) is 2.78. The molecule has 1 aliphatic carbocycles. The minimum Gasteiger partial charge on any atom is -0.310 e. The zero-order valence-electron chi connectivity index (χ0n) is 10.9. The number of benzene rings is 1. The van der Waals surface area contributed by atoms with Crippen molar-refractivity contribution in [2.45, 2.75) is 52.5 Å². The van der Waals surface area contributed by atoms with E-state index in [9.17, 15) is 0 Å². The second-order valence-electron chi connectivity index (χ2n) is 5.15. The van der Waals surface area contributed by atoms with E-state index in [4.69, 9.17) is 0 Å². The maximum absolute atomic E-state index is 3.61. The highest BCUT2D eigenvalue weighted by Gasteiger charge is 2.24. The maximum Gasteiger partial charge on any atom is 0.0323 e. The van der Waals surface area contributed by atoms with E-state index in [1.54, 1.807) is 11.1 Å². The quantitative estimate of drug-likeness (QED) is 0.793. The normalized spacial score (nSPS) is 24.2. The predicted molar refractivity (Wildman–Crippen MR) is 70.0 cm³/mol. The van der Waals surface area contributed by atoms with Crippen LogP contribution in [0.2, 0.25) is 0 Å². The predicted octanol–water partition coefficient (Wildman–Crippen LogP) is 3.85. The molecule has 0 amide bonds. The van der Waals surface area contributed by atoms with Crippen molar-refractivity contribution in [1.82, 2.24) is 5.32 Å². The van der Waals surface area contributed by atoms with Gasteiger partial charge in [0.05, 0.1) is 0 Å². The van der Waals surface area contributed by atoms with Crippen molar-refractivity contribution in [3.63, 3.8) is 0 Å². The number of nitrogens with one attached hydrogen (secondary N) is 1. The molecule has 0 saturated carbocycles. The summed E-state index contributed by atoms with van der Waals surface area (Å²) in [7, 11) is 0. The van der Waals surface area contributed by atoms with Crippen LogP contribution >= 0.6 is 0 Å². The molecule has 0 aliphatic heterocycles. The van der Waals surface area contributed by atoms with Crippen molar-refractivity contribution < 1.29 is 0 Å². The molecule has 1 N–H and O–H groups in total. The molecule has 0 heterocycles. The SMILES string of the molecule is CCNC1CCC(C)c2cc(C)c(C)cc21. The Hall–Kier alpha value is -0.820. The first kappa shape index (κ1) is 11.7. The lowest BCUT2D eigenvalue weighted by Gasteiger charge is -2.31. The summed E-state index contributed by atoms with van der Waals surface area (Å²) in [6, 6.07) is 5.38. The first-order chi connectivity index (χ1) is 7.63. The highest BCUT2D eigenvalue weighted by Crippen LogP contribution is 2.38. The molecule has 16 heavy (non-hydrogen) atoms. The first-order valence-corrected chi connectivity index (χ1v) is 6.48. The Kier molecular flexibility index (Phi) is 3.34. The molecule has 0 spiro atoms. The van der Waals surface area contributed by atoms with Gasteiger partial charge in [-0.25, -0.2) is 0 Å². The van der Waals surface area contributed by atoms with Crippen molar-refractivity contribution in [1.29, 1.82) is 0 Å². The molecule has 0 aromatic heterocycles. The van der Waals surface area contributed by atoms with Gasteiger partial charge in [-0.3, -0.25) is 0 Å². The fraction of sp³-hybridized carbons (Fsp3) is 0.600. The summed E-state index contributed by atoms with van der Waals surface area (Å²) in [6.07, 6.45) is 2.59.